The average molecular weight is 418 g/mol. The summed E-state index contributed by atoms with van der Waals surface area (Å²) in [6.45, 7) is 2.11. The fourth-order valence-corrected chi connectivity index (χ4v) is 2.67. The first-order valence-electron chi connectivity index (χ1n) is 9.06. The van der Waals surface area contributed by atoms with Crippen molar-refractivity contribution >= 4 is 35.2 Å². The van der Waals surface area contributed by atoms with Crippen LogP contribution in [-0.2, 0) is 9.53 Å². The van der Waals surface area contributed by atoms with Crippen LogP contribution >= 0.6 is 11.6 Å². The molecule has 0 radical (unpaired) electrons. The van der Waals surface area contributed by atoms with E-state index in [1.165, 1.54) is 7.11 Å². The van der Waals surface area contributed by atoms with Crippen LogP contribution in [0, 0.1) is 0 Å². The zero-order chi connectivity index (χ0) is 21.4. The molecule has 7 nitrogen and oxygen atoms in total. The Hall–Kier alpha value is -3.06. The topological polar surface area (TPSA) is 87.7 Å². The number of rotatable bonds is 7. The van der Waals surface area contributed by atoms with Gasteiger partial charge in [0.2, 0.25) is 0 Å². The molecule has 3 amide bonds. The first-order valence-corrected chi connectivity index (χ1v) is 9.44. The number of urea groups is 1. The number of ether oxygens (including phenoxy) is 1. The zero-order valence-electron chi connectivity index (χ0n) is 16.6. The minimum Gasteiger partial charge on any atom is -0.469 e. The molecule has 0 saturated carbocycles. The van der Waals surface area contributed by atoms with Crippen LogP contribution in [0.15, 0.2) is 48.5 Å². The van der Waals surface area contributed by atoms with Crippen molar-refractivity contribution < 1.29 is 19.1 Å². The number of carbonyl (C=O) groups excluding carboxylic acids is 3. The van der Waals surface area contributed by atoms with Gasteiger partial charge in [-0.1, -0.05) is 23.7 Å². The third kappa shape index (κ3) is 6.50. The Kier molecular flexibility index (Phi) is 8.03. The van der Waals surface area contributed by atoms with E-state index in [2.05, 4.69) is 15.4 Å². The van der Waals surface area contributed by atoms with E-state index in [0.29, 0.717) is 16.3 Å². The maximum atomic E-state index is 12.5. The van der Waals surface area contributed by atoms with Gasteiger partial charge in [0.05, 0.1) is 19.6 Å². The van der Waals surface area contributed by atoms with Crippen molar-refractivity contribution in [3.63, 3.8) is 0 Å². The summed E-state index contributed by atoms with van der Waals surface area (Å²) in [7, 11) is 3.00. The lowest BCUT2D eigenvalue weighted by Crippen LogP contribution is -2.33. The van der Waals surface area contributed by atoms with Gasteiger partial charge < -0.3 is 20.3 Å². The smallest absolute Gasteiger partial charge is 0.322 e. The number of hydrogen-bond donors (Lipinski definition) is 2. The van der Waals surface area contributed by atoms with Crippen molar-refractivity contribution in [2.75, 3.05) is 26.0 Å². The summed E-state index contributed by atoms with van der Waals surface area (Å²) in [6, 6.07) is 13.4. The van der Waals surface area contributed by atoms with Gasteiger partial charge in [-0.25, -0.2) is 4.79 Å². The number of carbonyl (C=O) groups is 3. The number of amides is 3. The number of nitrogens with zero attached hydrogens (tertiary/aromatic N) is 1. The van der Waals surface area contributed by atoms with E-state index >= 15 is 0 Å². The lowest BCUT2D eigenvalue weighted by molar-refractivity contribution is -0.140. The van der Waals surface area contributed by atoms with Crippen LogP contribution < -0.4 is 10.6 Å². The highest BCUT2D eigenvalue weighted by atomic mass is 35.5. The van der Waals surface area contributed by atoms with Crippen LogP contribution in [0.3, 0.4) is 0 Å². The molecular formula is C21H24ClN3O4. The minimum atomic E-state index is -0.389. The van der Waals surface area contributed by atoms with Crippen molar-refractivity contribution in [3.05, 3.63) is 64.7 Å². The number of hydrogen-bond acceptors (Lipinski definition) is 4. The van der Waals surface area contributed by atoms with Gasteiger partial charge in [-0.2, -0.15) is 0 Å². The largest absolute Gasteiger partial charge is 0.469 e. The molecule has 0 bridgehead atoms. The van der Waals surface area contributed by atoms with Crippen molar-refractivity contribution in [1.29, 1.82) is 0 Å². The molecule has 8 heteroatoms. The predicted octanol–water partition coefficient (Wildman–Crippen LogP) is 3.86. The fourth-order valence-electron chi connectivity index (χ4n) is 2.54. The van der Waals surface area contributed by atoms with E-state index in [4.69, 9.17) is 11.6 Å². The Morgan fingerprint density at radius 1 is 1.07 bits per heavy atom. The summed E-state index contributed by atoms with van der Waals surface area (Å²) in [5.74, 6) is -0.694. The summed E-state index contributed by atoms with van der Waals surface area (Å²) in [4.78, 5) is 37.2. The van der Waals surface area contributed by atoms with Crippen molar-refractivity contribution in [3.8, 4) is 0 Å². The summed E-state index contributed by atoms with van der Waals surface area (Å²) in [5, 5.41) is 6.08. The zero-order valence-corrected chi connectivity index (χ0v) is 17.3. The van der Waals surface area contributed by atoms with Gasteiger partial charge in [0, 0.05) is 29.9 Å². The highest BCUT2D eigenvalue weighted by Crippen LogP contribution is 2.21. The molecule has 2 N–H and O–H groups in total. The van der Waals surface area contributed by atoms with Crippen molar-refractivity contribution in [1.82, 2.24) is 10.2 Å². The maximum Gasteiger partial charge on any atom is 0.322 e. The second-order valence-corrected chi connectivity index (χ2v) is 6.86. The van der Waals surface area contributed by atoms with E-state index in [9.17, 15) is 14.4 Å². The Labute approximate surface area is 175 Å². The van der Waals surface area contributed by atoms with Gasteiger partial charge in [-0.05, 0) is 48.9 Å². The number of halogens is 1. The molecule has 2 aromatic rings. The summed E-state index contributed by atoms with van der Waals surface area (Å²) in [5.41, 5.74) is 1.96. The SMILES string of the molecule is COC(=O)CCNC(=O)c1ccc(NC(=O)N(C)C(C)c2ccc(Cl)cc2)cc1. The summed E-state index contributed by atoms with van der Waals surface area (Å²) < 4.78 is 4.52. The average Bonchev–Trinajstić information content (AvgIpc) is 2.73. The number of benzene rings is 2. The normalized spacial score (nSPS) is 11.3. The van der Waals surface area contributed by atoms with Gasteiger partial charge in [0.15, 0.2) is 0 Å². The highest BCUT2D eigenvalue weighted by molar-refractivity contribution is 6.30. The van der Waals surface area contributed by atoms with Crippen LogP contribution in [0.2, 0.25) is 5.02 Å². The maximum absolute atomic E-state index is 12.5. The Balaban J connectivity index is 1.91. The van der Waals surface area contributed by atoms with Crippen LogP contribution in [0.4, 0.5) is 10.5 Å². The molecule has 2 rings (SSSR count). The molecule has 0 aliphatic rings. The lowest BCUT2D eigenvalue weighted by atomic mass is 10.1. The number of esters is 1. The van der Waals surface area contributed by atoms with E-state index < -0.39 is 0 Å². The summed E-state index contributed by atoms with van der Waals surface area (Å²) >= 11 is 5.91. The van der Waals surface area contributed by atoms with Gasteiger partial charge >= 0.3 is 12.0 Å². The van der Waals surface area contributed by atoms with Crippen molar-refractivity contribution in [2.45, 2.75) is 19.4 Å². The van der Waals surface area contributed by atoms with Crippen LogP contribution in [-0.4, -0.2) is 43.5 Å². The molecule has 0 aliphatic heterocycles. The monoisotopic (exact) mass is 417 g/mol. The molecule has 2 aromatic carbocycles. The van der Waals surface area contributed by atoms with E-state index in [1.807, 2.05) is 19.1 Å². The summed E-state index contributed by atoms with van der Waals surface area (Å²) in [6.07, 6.45) is 0.106. The Bertz CT molecular complexity index is 853. The third-order valence-corrected chi connectivity index (χ3v) is 4.75. The first kappa shape index (κ1) is 22.2. The van der Waals surface area contributed by atoms with E-state index in [0.717, 1.165) is 5.56 Å². The molecule has 0 aliphatic carbocycles. The second-order valence-electron chi connectivity index (χ2n) is 6.43. The predicted molar refractivity (Wildman–Crippen MR) is 112 cm³/mol. The number of nitrogens with one attached hydrogen (secondary N) is 2. The van der Waals surface area contributed by atoms with Gasteiger partial charge in [0.25, 0.3) is 5.91 Å². The Morgan fingerprint density at radius 3 is 2.28 bits per heavy atom. The van der Waals surface area contributed by atoms with Gasteiger partial charge in [-0.3, -0.25) is 9.59 Å². The molecule has 0 saturated heterocycles. The molecule has 0 aromatic heterocycles. The third-order valence-electron chi connectivity index (χ3n) is 4.49. The van der Waals surface area contributed by atoms with Crippen LogP contribution in [0.25, 0.3) is 0 Å². The van der Waals surface area contributed by atoms with Crippen molar-refractivity contribution in [2.24, 2.45) is 0 Å². The van der Waals surface area contributed by atoms with E-state index in [-0.39, 0.29) is 36.9 Å². The lowest BCUT2D eigenvalue weighted by Gasteiger charge is -2.25. The van der Waals surface area contributed by atoms with E-state index in [1.54, 1.807) is 48.3 Å². The quantitative estimate of drug-likeness (QED) is 0.669. The molecular weight excluding hydrogens is 394 g/mol. The van der Waals surface area contributed by atoms with Crippen LogP contribution in [0.5, 0.6) is 0 Å². The van der Waals surface area contributed by atoms with Gasteiger partial charge in [0.1, 0.15) is 0 Å². The Morgan fingerprint density at radius 2 is 1.69 bits per heavy atom. The number of methoxy groups -OCH3 is 1. The molecule has 1 unspecified atom stereocenters. The van der Waals surface area contributed by atoms with Crippen LogP contribution in [0.1, 0.15) is 35.3 Å². The highest BCUT2D eigenvalue weighted by Gasteiger charge is 2.17. The van der Waals surface area contributed by atoms with Gasteiger partial charge in [-0.15, -0.1) is 0 Å². The minimum absolute atomic E-state index is 0.106. The molecule has 0 fully saturated rings. The molecule has 0 spiro atoms. The number of anilines is 1. The molecule has 29 heavy (non-hydrogen) atoms. The first-order chi connectivity index (χ1) is 13.8. The fraction of sp³-hybridized carbons (Fsp3) is 0.286. The molecule has 154 valence electrons. The molecule has 0 heterocycles. The standard InChI is InChI=1S/C21H24ClN3O4/c1-14(15-4-8-17(22)9-5-15)25(2)21(28)24-18-10-6-16(7-11-18)20(27)23-13-12-19(26)29-3/h4-11,14H,12-13H2,1-3H3,(H,23,27)(H,24,28). The second kappa shape index (κ2) is 10.5. The molecule has 1 atom stereocenters.